The third kappa shape index (κ3) is 2.80. The number of amides is 2. The summed E-state index contributed by atoms with van der Waals surface area (Å²) in [5.74, 6) is 0. The standard InChI is InChI=1S/C16H22N2O2/c19-14(18-12-16(20)7-4-8-16)17-11-15(9-10-15)13-5-2-1-3-6-13/h1-3,5-6,20H,4,7-12H2,(H2,17,18,19). The lowest BCUT2D eigenvalue weighted by Gasteiger charge is -2.36. The fraction of sp³-hybridized carbons (Fsp3) is 0.562. The van der Waals surface area contributed by atoms with Crippen molar-refractivity contribution < 1.29 is 9.90 Å². The Morgan fingerprint density at radius 1 is 1.05 bits per heavy atom. The lowest BCUT2D eigenvalue weighted by Crippen LogP contribution is -2.50. The first-order valence-electron chi connectivity index (χ1n) is 7.42. The van der Waals surface area contributed by atoms with E-state index in [2.05, 4.69) is 22.8 Å². The number of carbonyl (C=O) groups is 1. The normalized spacial score (nSPS) is 21.6. The number of rotatable bonds is 5. The summed E-state index contributed by atoms with van der Waals surface area (Å²) in [4.78, 5) is 11.8. The van der Waals surface area contributed by atoms with Crippen LogP contribution in [0.5, 0.6) is 0 Å². The lowest BCUT2D eigenvalue weighted by atomic mass is 9.80. The van der Waals surface area contributed by atoms with Crippen LogP contribution in [0.3, 0.4) is 0 Å². The van der Waals surface area contributed by atoms with E-state index in [9.17, 15) is 9.90 Å². The van der Waals surface area contributed by atoms with Crippen molar-refractivity contribution in [1.29, 1.82) is 0 Å². The minimum atomic E-state index is -0.659. The first kappa shape index (κ1) is 13.4. The van der Waals surface area contributed by atoms with Gasteiger partial charge < -0.3 is 15.7 Å². The third-order valence-electron chi connectivity index (χ3n) is 4.69. The van der Waals surface area contributed by atoms with Crippen molar-refractivity contribution in [1.82, 2.24) is 10.6 Å². The Labute approximate surface area is 119 Å². The van der Waals surface area contributed by atoms with Gasteiger partial charge in [-0.15, -0.1) is 0 Å². The average molecular weight is 274 g/mol. The summed E-state index contributed by atoms with van der Waals surface area (Å²) in [6, 6.07) is 10.2. The number of urea groups is 1. The first-order chi connectivity index (χ1) is 9.62. The fourth-order valence-electron chi connectivity index (χ4n) is 2.83. The lowest BCUT2D eigenvalue weighted by molar-refractivity contribution is -0.0290. The Balaban J connectivity index is 1.46. The van der Waals surface area contributed by atoms with Crippen molar-refractivity contribution in [2.24, 2.45) is 0 Å². The molecule has 2 amide bonds. The topological polar surface area (TPSA) is 61.4 Å². The molecule has 0 spiro atoms. The molecule has 1 aromatic rings. The van der Waals surface area contributed by atoms with E-state index in [1.54, 1.807) is 0 Å². The van der Waals surface area contributed by atoms with Gasteiger partial charge in [0.15, 0.2) is 0 Å². The Hall–Kier alpha value is -1.55. The van der Waals surface area contributed by atoms with Gasteiger partial charge in [0.05, 0.1) is 5.60 Å². The number of benzene rings is 1. The van der Waals surface area contributed by atoms with E-state index in [-0.39, 0.29) is 11.4 Å². The second-order valence-electron chi connectivity index (χ2n) is 6.26. The summed E-state index contributed by atoms with van der Waals surface area (Å²) < 4.78 is 0. The molecular formula is C16H22N2O2. The first-order valence-corrected chi connectivity index (χ1v) is 7.42. The van der Waals surface area contributed by atoms with E-state index in [0.29, 0.717) is 13.1 Å². The summed E-state index contributed by atoms with van der Waals surface area (Å²) in [7, 11) is 0. The van der Waals surface area contributed by atoms with Crippen LogP contribution in [0.15, 0.2) is 30.3 Å². The minimum Gasteiger partial charge on any atom is -0.388 e. The molecule has 2 fully saturated rings. The maximum absolute atomic E-state index is 11.8. The average Bonchev–Trinajstić information content (AvgIpc) is 3.23. The summed E-state index contributed by atoms with van der Waals surface area (Å²) in [6.45, 7) is 1.03. The molecule has 2 aliphatic rings. The van der Waals surface area contributed by atoms with Crippen LogP contribution >= 0.6 is 0 Å². The van der Waals surface area contributed by atoms with E-state index >= 15 is 0 Å². The van der Waals surface area contributed by atoms with Gasteiger partial charge in [0, 0.05) is 18.5 Å². The third-order valence-corrected chi connectivity index (χ3v) is 4.69. The van der Waals surface area contributed by atoms with Crippen molar-refractivity contribution in [3.63, 3.8) is 0 Å². The smallest absolute Gasteiger partial charge is 0.314 e. The molecule has 0 unspecified atom stereocenters. The zero-order valence-electron chi connectivity index (χ0n) is 11.7. The van der Waals surface area contributed by atoms with Gasteiger partial charge in [-0.2, -0.15) is 0 Å². The molecule has 4 nitrogen and oxygen atoms in total. The molecule has 0 aliphatic heterocycles. The van der Waals surface area contributed by atoms with Crippen molar-refractivity contribution in [3.8, 4) is 0 Å². The predicted octanol–water partition coefficient (Wildman–Crippen LogP) is 1.93. The molecule has 2 saturated carbocycles. The molecule has 1 aromatic carbocycles. The van der Waals surface area contributed by atoms with Crippen LogP contribution < -0.4 is 10.6 Å². The fourth-order valence-corrected chi connectivity index (χ4v) is 2.83. The highest BCUT2D eigenvalue weighted by atomic mass is 16.3. The van der Waals surface area contributed by atoms with E-state index in [1.807, 2.05) is 18.2 Å². The van der Waals surface area contributed by atoms with Crippen LogP contribution in [0.4, 0.5) is 4.79 Å². The second kappa shape index (κ2) is 5.09. The van der Waals surface area contributed by atoms with Crippen molar-refractivity contribution in [2.45, 2.75) is 43.1 Å². The predicted molar refractivity (Wildman–Crippen MR) is 77.6 cm³/mol. The van der Waals surface area contributed by atoms with Gasteiger partial charge in [-0.25, -0.2) is 4.79 Å². The molecule has 0 radical (unpaired) electrons. The molecule has 0 heterocycles. The van der Waals surface area contributed by atoms with Crippen LogP contribution in [0.2, 0.25) is 0 Å². The van der Waals surface area contributed by atoms with E-state index in [1.165, 1.54) is 5.56 Å². The Kier molecular flexibility index (Phi) is 3.42. The van der Waals surface area contributed by atoms with Crippen LogP contribution in [0.1, 0.15) is 37.7 Å². The maximum Gasteiger partial charge on any atom is 0.314 e. The van der Waals surface area contributed by atoms with E-state index < -0.39 is 5.60 Å². The molecule has 4 heteroatoms. The quantitative estimate of drug-likeness (QED) is 0.768. The highest BCUT2D eigenvalue weighted by molar-refractivity contribution is 5.74. The summed E-state index contributed by atoms with van der Waals surface area (Å²) in [6.07, 6.45) is 4.89. The highest BCUT2D eigenvalue weighted by Gasteiger charge is 2.44. The van der Waals surface area contributed by atoms with E-state index in [0.717, 1.165) is 32.1 Å². The minimum absolute atomic E-state index is 0.131. The van der Waals surface area contributed by atoms with Gasteiger partial charge in [0.1, 0.15) is 0 Å². The second-order valence-corrected chi connectivity index (χ2v) is 6.26. The molecule has 3 N–H and O–H groups in total. The largest absolute Gasteiger partial charge is 0.388 e. The number of hydrogen-bond donors (Lipinski definition) is 3. The molecule has 3 rings (SSSR count). The molecule has 2 aliphatic carbocycles. The molecule has 0 saturated heterocycles. The van der Waals surface area contributed by atoms with E-state index in [4.69, 9.17) is 0 Å². The van der Waals surface area contributed by atoms with Gasteiger partial charge in [0.2, 0.25) is 0 Å². The summed E-state index contributed by atoms with van der Waals surface area (Å²) in [5.41, 5.74) is 0.776. The maximum atomic E-state index is 11.8. The van der Waals surface area contributed by atoms with Crippen molar-refractivity contribution in [3.05, 3.63) is 35.9 Å². The number of nitrogens with one attached hydrogen (secondary N) is 2. The number of hydrogen-bond acceptors (Lipinski definition) is 2. The summed E-state index contributed by atoms with van der Waals surface area (Å²) >= 11 is 0. The summed E-state index contributed by atoms with van der Waals surface area (Å²) in [5, 5.41) is 15.7. The zero-order chi connectivity index (χ0) is 14.1. The molecule has 0 atom stereocenters. The van der Waals surface area contributed by atoms with Crippen LogP contribution in [-0.4, -0.2) is 29.8 Å². The van der Waals surface area contributed by atoms with Crippen LogP contribution in [-0.2, 0) is 5.41 Å². The number of carbonyl (C=O) groups excluding carboxylic acids is 1. The van der Waals surface area contributed by atoms with Crippen LogP contribution in [0, 0.1) is 0 Å². The van der Waals surface area contributed by atoms with Gasteiger partial charge >= 0.3 is 6.03 Å². The Bertz CT molecular complexity index is 479. The Morgan fingerprint density at radius 2 is 1.70 bits per heavy atom. The Morgan fingerprint density at radius 3 is 2.25 bits per heavy atom. The monoisotopic (exact) mass is 274 g/mol. The van der Waals surface area contributed by atoms with Gasteiger partial charge in [-0.3, -0.25) is 0 Å². The molecule has 108 valence electrons. The van der Waals surface area contributed by atoms with Gasteiger partial charge in [0.25, 0.3) is 0 Å². The molecule has 0 aromatic heterocycles. The van der Waals surface area contributed by atoms with Crippen LogP contribution in [0.25, 0.3) is 0 Å². The zero-order valence-corrected chi connectivity index (χ0v) is 11.7. The highest BCUT2D eigenvalue weighted by Crippen LogP contribution is 2.47. The molecular weight excluding hydrogens is 252 g/mol. The molecule has 0 bridgehead atoms. The van der Waals surface area contributed by atoms with Crippen molar-refractivity contribution in [2.75, 3.05) is 13.1 Å². The number of aliphatic hydroxyl groups is 1. The molecule has 20 heavy (non-hydrogen) atoms. The SMILES string of the molecule is O=C(NCC1(O)CCC1)NCC1(c2ccccc2)CC1. The van der Waals surface area contributed by atoms with Crippen molar-refractivity contribution >= 4 is 6.03 Å². The van der Waals surface area contributed by atoms with Gasteiger partial charge in [-0.1, -0.05) is 30.3 Å². The van der Waals surface area contributed by atoms with Gasteiger partial charge in [-0.05, 0) is 37.7 Å².